The van der Waals surface area contributed by atoms with Crippen LogP contribution < -0.4 is 4.90 Å². The molecule has 0 radical (unpaired) electrons. The van der Waals surface area contributed by atoms with E-state index < -0.39 is 11.6 Å². The van der Waals surface area contributed by atoms with Gasteiger partial charge in [0.25, 0.3) is 0 Å². The predicted molar refractivity (Wildman–Crippen MR) is 99.9 cm³/mol. The van der Waals surface area contributed by atoms with Crippen molar-refractivity contribution in [1.29, 1.82) is 0 Å². The Morgan fingerprint density at radius 2 is 1.67 bits per heavy atom. The highest BCUT2D eigenvalue weighted by atomic mass is 16.6. The quantitative estimate of drug-likeness (QED) is 0.740. The van der Waals surface area contributed by atoms with Crippen LogP contribution in [0.3, 0.4) is 0 Å². The van der Waals surface area contributed by atoms with Gasteiger partial charge in [0.15, 0.2) is 0 Å². The summed E-state index contributed by atoms with van der Waals surface area (Å²) >= 11 is 0. The topological polar surface area (TPSA) is 89.8 Å². The summed E-state index contributed by atoms with van der Waals surface area (Å²) in [5.41, 5.74) is 1.91. The Labute approximate surface area is 157 Å². The number of hydrogen-bond acceptors (Lipinski definition) is 7. The minimum Gasteiger partial charge on any atom is -0.465 e. The Morgan fingerprint density at radius 1 is 1.04 bits per heavy atom. The van der Waals surface area contributed by atoms with Gasteiger partial charge >= 0.3 is 12.1 Å². The molecule has 2 aromatic rings. The Morgan fingerprint density at radius 3 is 2.26 bits per heavy atom. The molecule has 0 N–H and O–H groups in total. The van der Waals surface area contributed by atoms with Gasteiger partial charge in [0.05, 0.1) is 18.4 Å². The van der Waals surface area contributed by atoms with Crippen LogP contribution in [0.5, 0.6) is 0 Å². The molecular formula is C18H25N5O4. The van der Waals surface area contributed by atoms with Crippen LogP contribution in [0.2, 0.25) is 0 Å². The lowest BCUT2D eigenvalue weighted by Crippen LogP contribution is -2.50. The van der Waals surface area contributed by atoms with E-state index in [0.717, 1.165) is 5.69 Å². The van der Waals surface area contributed by atoms with Crippen LogP contribution in [0.4, 0.5) is 10.5 Å². The minimum absolute atomic E-state index is 0.298. The fourth-order valence-corrected chi connectivity index (χ4v) is 3.07. The molecule has 1 amide bonds. The number of piperazine rings is 1. The number of amides is 1. The number of anilines is 1. The van der Waals surface area contributed by atoms with Crippen LogP contribution in [0.15, 0.2) is 12.1 Å². The highest BCUT2D eigenvalue weighted by Gasteiger charge is 2.28. The summed E-state index contributed by atoms with van der Waals surface area (Å²) < 4.78 is 10.3. The first kappa shape index (κ1) is 18.9. The Kier molecular flexibility index (Phi) is 4.95. The number of aryl methyl sites for hydroxylation is 1. The van der Waals surface area contributed by atoms with E-state index in [1.54, 1.807) is 18.0 Å². The average molecular weight is 375 g/mol. The lowest BCUT2D eigenvalue weighted by molar-refractivity contribution is 0.0240. The van der Waals surface area contributed by atoms with Crippen molar-refractivity contribution >= 4 is 28.8 Å². The van der Waals surface area contributed by atoms with Gasteiger partial charge in [-0.2, -0.15) is 15.0 Å². The maximum atomic E-state index is 12.2. The fourth-order valence-electron chi connectivity index (χ4n) is 3.07. The molecule has 0 aliphatic carbocycles. The van der Waals surface area contributed by atoms with Gasteiger partial charge in [-0.3, -0.25) is 0 Å². The number of esters is 1. The van der Waals surface area contributed by atoms with Crippen molar-refractivity contribution in [1.82, 2.24) is 19.9 Å². The van der Waals surface area contributed by atoms with Crippen LogP contribution in [-0.4, -0.2) is 70.8 Å². The molecule has 1 aliphatic heterocycles. The molecule has 0 bridgehead atoms. The Balaban J connectivity index is 1.80. The number of rotatable bonds is 2. The molecule has 1 aliphatic rings. The van der Waals surface area contributed by atoms with Crippen LogP contribution in [-0.2, 0) is 16.5 Å². The van der Waals surface area contributed by atoms with Gasteiger partial charge in [-0.1, -0.05) is 0 Å². The first-order chi connectivity index (χ1) is 12.7. The zero-order valence-corrected chi connectivity index (χ0v) is 16.4. The maximum Gasteiger partial charge on any atom is 0.410 e. The molecule has 0 atom stereocenters. The molecule has 1 aromatic heterocycles. The minimum atomic E-state index is -0.510. The molecule has 1 saturated heterocycles. The number of hydrogen-bond donors (Lipinski definition) is 0. The van der Waals surface area contributed by atoms with E-state index >= 15 is 0 Å². The number of ether oxygens (including phenoxy) is 2. The zero-order chi connectivity index (χ0) is 19.8. The molecule has 2 heterocycles. The highest BCUT2D eigenvalue weighted by molar-refractivity contribution is 6.05. The molecule has 9 nitrogen and oxygen atoms in total. The van der Waals surface area contributed by atoms with E-state index in [1.165, 1.54) is 11.9 Å². The highest BCUT2D eigenvalue weighted by Crippen LogP contribution is 2.28. The molecule has 9 heteroatoms. The fraction of sp³-hybridized carbons (Fsp3) is 0.556. The molecule has 27 heavy (non-hydrogen) atoms. The third kappa shape index (κ3) is 3.96. The largest absolute Gasteiger partial charge is 0.465 e. The zero-order valence-electron chi connectivity index (χ0n) is 16.4. The average Bonchev–Trinajstić information content (AvgIpc) is 3.00. The van der Waals surface area contributed by atoms with E-state index in [1.807, 2.05) is 26.8 Å². The molecule has 0 unspecified atom stereocenters. The molecule has 146 valence electrons. The second-order valence-electron chi connectivity index (χ2n) is 7.46. The summed E-state index contributed by atoms with van der Waals surface area (Å²) in [6.45, 7) is 7.95. The predicted octanol–water partition coefficient (Wildman–Crippen LogP) is 1.81. The Hall–Kier alpha value is -2.84. The summed E-state index contributed by atoms with van der Waals surface area (Å²) in [7, 11) is 3.06. The van der Waals surface area contributed by atoms with E-state index in [2.05, 4.69) is 15.1 Å². The molecule has 1 aromatic carbocycles. The second-order valence-corrected chi connectivity index (χ2v) is 7.46. The second kappa shape index (κ2) is 7.05. The third-order valence-corrected chi connectivity index (χ3v) is 4.30. The van der Waals surface area contributed by atoms with Crippen molar-refractivity contribution in [3.8, 4) is 0 Å². The van der Waals surface area contributed by atoms with Gasteiger partial charge in [-0.15, -0.1) is 0 Å². The van der Waals surface area contributed by atoms with Crippen molar-refractivity contribution in [3.05, 3.63) is 17.7 Å². The van der Waals surface area contributed by atoms with Crippen molar-refractivity contribution in [2.45, 2.75) is 26.4 Å². The number of aromatic nitrogens is 3. The molecule has 0 saturated carbocycles. The Bertz CT molecular complexity index is 862. The van der Waals surface area contributed by atoms with Crippen molar-refractivity contribution < 1.29 is 19.1 Å². The van der Waals surface area contributed by atoms with Gasteiger partial charge in [0.2, 0.25) is 0 Å². The van der Waals surface area contributed by atoms with Gasteiger partial charge in [0, 0.05) is 33.2 Å². The van der Waals surface area contributed by atoms with Crippen molar-refractivity contribution in [2.75, 3.05) is 38.2 Å². The van der Waals surface area contributed by atoms with Gasteiger partial charge in [0.1, 0.15) is 16.6 Å². The first-order valence-corrected chi connectivity index (χ1v) is 8.85. The summed E-state index contributed by atoms with van der Waals surface area (Å²) in [6, 6.07) is 3.56. The molecular weight excluding hydrogens is 350 g/mol. The summed E-state index contributed by atoms with van der Waals surface area (Å²) in [4.78, 5) is 29.5. The normalized spacial score (nSPS) is 15.1. The maximum absolute atomic E-state index is 12.2. The summed E-state index contributed by atoms with van der Waals surface area (Å²) in [5, 5.41) is 8.73. The lowest BCUT2D eigenvalue weighted by atomic mass is 10.1. The molecule has 1 fully saturated rings. The first-order valence-electron chi connectivity index (χ1n) is 8.85. The van der Waals surface area contributed by atoms with Crippen LogP contribution >= 0.6 is 0 Å². The third-order valence-electron chi connectivity index (χ3n) is 4.30. The van der Waals surface area contributed by atoms with Crippen LogP contribution in [0.25, 0.3) is 11.0 Å². The summed E-state index contributed by atoms with van der Waals surface area (Å²) in [6.07, 6.45) is -0.298. The van der Waals surface area contributed by atoms with Gasteiger partial charge in [-0.05, 0) is 32.9 Å². The standard InChI is InChI=1S/C18H25N5O4/c1-18(2,3)27-17(25)23-10-8-22(9-11-23)13-7-6-12(16(24)26-5)14-15(13)20-21(4)19-14/h6-7H,8-11H2,1-5H3. The van der Waals surface area contributed by atoms with Crippen LogP contribution in [0.1, 0.15) is 31.1 Å². The van der Waals surface area contributed by atoms with Gasteiger partial charge < -0.3 is 19.3 Å². The van der Waals surface area contributed by atoms with Crippen molar-refractivity contribution in [3.63, 3.8) is 0 Å². The van der Waals surface area contributed by atoms with E-state index in [4.69, 9.17) is 9.47 Å². The van der Waals surface area contributed by atoms with E-state index in [9.17, 15) is 9.59 Å². The number of nitrogens with zero attached hydrogens (tertiary/aromatic N) is 5. The number of methoxy groups -OCH3 is 1. The lowest BCUT2D eigenvalue weighted by Gasteiger charge is -2.36. The number of benzene rings is 1. The van der Waals surface area contributed by atoms with E-state index in [0.29, 0.717) is 42.8 Å². The summed E-state index contributed by atoms with van der Waals surface area (Å²) in [5.74, 6) is -0.443. The molecule has 0 spiro atoms. The van der Waals surface area contributed by atoms with Crippen LogP contribution in [0, 0.1) is 0 Å². The van der Waals surface area contributed by atoms with Crippen molar-refractivity contribution in [2.24, 2.45) is 7.05 Å². The molecule has 3 rings (SSSR count). The SMILES string of the molecule is COC(=O)c1ccc(N2CCN(C(=O)OC(C)(C)C)CC2)c2nn(C)nc12. The number of fused-ring (bicyclic) bond motifs is 1. The smallest absolute Gasteiger partial charge is 0.410 e. The van der Waals surface area contributed by atoms with Gasteiger partial charge in [-0.25, -0.2) is 9.59 Å². The number of carbonyl (C=O) groups is 2. The van der Waals surface area contributed by atoms with E-state index in [-0.39, 0.29) is 6.09 Å². The monoisotopic (exact) mass is 375 g/mol. The number of carbonyl (C=O) groups excluding carboxylic acids is 2.